The summed E-state index contributed by atoms with van der Waals surface area (Å²) >= 11 is 0. The predicted octanol–water partition coefficient (Wildman–Crippen LogP) is 8.32. The molecule has 2 saturated heterocycles. The number of hydrogen-bond acceptors (Lipinski definition) is 10. The normalized spacial score (nSPS) is 30.9. The molecular formula is C32H77O10Si10. The van der Waals surface area contributed by atoms with Crippen LogP contribution in [0.25, 0.3) is 0 Å². The fraction of sp³-hybridized carbons (Fsp3) is 1.00. The molecule has 2 fully saturated rings. The summed E-state index contributed by atoms with van der Waals surface area (Å²) < 4.78 is 63.3. The molecule has 0 aromatic heterocycles. The van der Waals surface area contributed by atoms with Crippen LogP contribution in [-0.2, 0) is 42.1 Å². The van der Waals surface area contributed by atoms with Gasteiger partial charge in [0.2, 0.25) is 9.76 Å². The minimum absolute atomic E-state index is 0.0958. The summed E-state index contributed by atoms with van der Waals surface area (Å²) in [7, 11) is -13.1. The molecule has 305 valence electrons. The van der Waals surface area contributed by atoms with Gasteiger partial charge >= 0.3 is 55.0 Å². The molecule has 0 saturated carbocycles. The molecule has 0 bridgehead atoms. The van der Waals surface area contributed by atoms with E-state index in [4.69, 9.17) is 42.1 Å². The Labute approximate surface area is 336 Å². The molecule has 2 aliphatic heterocycles. The van der Waals surface area contributed by atoms with Crippen molar-refractivity contribution in [3.05, 3.63) is 0 Å². The van der Waals surface area contributed by atoms with Gasteiger partial charge in [-0.2, -0.15) is 0 Å². The maximum absolute atomic E-state index is 6.87. The van der Waals surface area contributed by atoms with Crippen molar-refractivity contribution in [2.45, 2.75) is 205 Å². The van der Waals surface area contributed by atoms with Crippen LogP contribution in [0.5, 0.6) is 0 Å². The van der Waals surface area contributed by atoms with Gasteiger partial charge in [0.1, 0.15) is 6.29 Å². The van der Waals surface area contributed by atoms with Crippen LogP contribution in [0, 0.1) is 0 Å². The Bertz CT molecular complexity index is 892. The fourth-order valence-corrected chi connectivity index (χ4v) is 35.4. The number of hydrogen-bond donors (Lipinski definition) is 0. The van der Waals surface area contributed by atoms with Crippen LogP contribution in [0.1, 0.15) is 104 Å². The molecule has 6 atom stereocenters. The van der Waals surface area contributed by atoms with Crippen molar-refractivity contribution in [2.24, 2.45) is 0 Å². The van der Waals surface area contributed by atoms with E-state index in [-0.39, 0.29) is 22.4 Å². The summed E-state index contributed by atoms with van der Waals surface area (Å²) in [5.74, 6) is 0. The minimum atomic E-state index is -2.22. The van der Waals surface area contributed by atoms with Crippen LogP contribution in [0.4, 0.5) is 0 Å². The van der Waals surface area contributed by atoms with Crippen molar-refractivity contribution in [3.63, 3.8) is 0 Å². The Morgan fingerprint density at radius 1 is 0.750 bits per heavy atom. The summed E-state index contributed by atoms with van der Waals surface area (Å²) in [6, 6.07) is 6.54. The van der Waals surface area contributed by atoms with Crippen molar-refractivity contribution in [1.82, 2.24) is 0 Å². The van der Waals surface area contributed by atoms with Crippen LogP contribution in [0.15, 0.2) is 0 Å². The lowest BCUT2D eigenvalue weighted by Crippen LogP contribution is -2.51. The first-order valence-corrected chi connectivity index (χ1v) is 41.0. The predicted molar refractivity (Wildman–Crippen MR) is 234 cm³/mol. The van der Waals surface area contributed by atoms with E-state index in [9.17, 15) is 0 Å². The smallest absolute Gasteiger partial charge is 0.411 e. The Morgan fingerprint density at radius 3 is 2.00 bits per heavy atom. The Hall–Kier alpha value is 1.77. The van der Waals surface area contributed by atoms with Crippen LogP contribution < -0.4 is 0 Å². The summed E-state index contributed by atoms with van der Waals surface area (Å²) in [6.45, 7) is 24.3. The second kappa shape index (κ2) is 27.5. The van der Waals surface area contributed by atoms with E-state index >= 15 is 0 Å². The van der Waals surface area contributed by atoms with E-state index < -0.39 is 71.6 Å². The highest BCUT2D eigenvalue weighted by Gasteiger charge is 2.40. The third kappa shape index (κ3) is 23.9. The van der Waals surface area contributed by atoms with Gasteiger partial charge in [-0.1, -0.05) is 90.4 Å². The van der Waals surface area contributed by atoms with E-state index in [1.54, 1.807) is 0 Å². The van der Waals surface area contributed by atoms with E-state index in [1.807, 2.05) is 6.92 Å². The molecular weight excluding hydrogens is 825 g/mol. The van der Waals surface area contributed by atoms with Gasteiger partial charge in [0.05, 0.1) is 0 Å². The van der Waals surface area contributed by atoms with Gasteiger partial charge in [0, 0.05) is 6.10 Å². The zero-order chi connectivity index (χ0) is 38.5. The first kappa shape index (κ1) is 49.9. The van der Waals surface area contributed by atoms with Gasteiger partial charge in [-0.15, -0.1) is 0 Å². The minimum Gasteiger partial charge on any atom is -0.441 e. The maximum atomic E-state index is 6.87. The average molecular weight is 903 g/mol. The monoisotopic (exact) mass is 901 g/mol. The topological polar surface area (TPSA) is 92.3 Å². The van der Waals surface area contributed by atoms with E-state index in [0.29, 0.717) is 9.76 Å². The summed E-state index contributed by atoms with van der Waals surface area (Å²) in [5, 5.41) is 0. The van der Waals surface area contributed by atoms with E-state index in [2.05, 4.69) is 66.2 Å². The van der Waals surface area contributed by atoms with Gasteiger partial charge < -0.3 is 42.1 Å². The molecule has 0 N–H and O–H groups in total. The second-order valence-electron chi connectivity index (χ2n) is 15.9. The van der Waals surface area contributed by atoms with Gasteiger partial charge in [-0.05, 0) is 102 Å². The van der Waals surface area contributed by atoms with Crippen molar-refractivity contribution in [3.8, 4) is 0 Å². The Balaban J connectivity index is 1.64. The third-order valence-electron chi connectivity index (χ3n) is 9.51. The maximum Gasteiger partial charge on any atom is 0.411 e. The van der Waals surface area contributed by atoms with Gasteiger partial charge in [-0.25, -0.2) is 0 Å². The summed E-state index contributed by atoms with van der Waals surface area (Å²) in [5.41, 5.74) is 0. The molecule has 20 heteroatoms. The van der Waals surface area contributed by atoms with Gasteiger partial charge in [0.15, 0.2) is 17.4 Å². The van der Waals surface area contributed by atoms with Gasteiger partial charge in [0.25, 0.3) is 9.28 Å². The lowest BCUT2D eigenvalue weighted by molar-refractivity contribution is -0.0156. The number of unbranched alkanes of at least 4 members (excludes halogenated alkanes) is 10. The average Bonchev–Trinajstić information content (AvgIpc) is 3.01. The molecule has 6 unspecified atom stereocenters. The molecule has 0 aromatic rings. The van der Waals surface area contributed by atoms with Crippen molar-refractivity contribution in [2.75, 3.05) is 0 Å². The summed E-state index contributed by atoms with van der Waals surface area (Å²) in [4.78, 5) is 0. The highest BCUT2D eigenvalue weighted by Crippen LogP contribution is 2.27. The SMILES string of the molecule is CCCCCCC[Si](O[Si]O[Si]CCCCCC[Si]1(C)O[SiH](C)OC(C)O[SiH](C)O1)O[Si](C)(C)CCCCCC[Si]1(C)OC(C)C[SiH](C)O[SiH](C)O1. The largest absolute Gasteiger partial charge is 0.441 e. The first-order chi connectivity index (χ1) is 24.6. The highest BCUT2D eigenvalue weighted by molar-refractivity contribution is 6.78. The standard InChI is InChI=1S/C32H77O10Si10/c1-12-13-14-16-21-26-49(37-44-36-43-25-20-15-17-24-29-52(11)39-46(5)33-32(3)34-47(6)40-52)42-50(8,9)27-22-18-19-23-28-51(10)35-31(2)30-45(4)38-48(7)41-51/h31-32,45-48H,12-30H2,1-11H3. The zero-order valence-corrected chi connectivity index (χ0v) is 45.6. The first-order valence-electron chi connectivity index (χ1n) is 20.7. The molecule has 0 aromatic carbocycles. The number of rotatable bonds is 26. The quantitative estimate of drug-likeness (QED) is 0.0624. The molecule has 2 heterocycles. The third-order valence-corrected chi connectivity index (χ3v) is 37.3. The Morgan fingerprint density at radius 2 is 1.33 bits per heavy atom. The molecule has 0 aliphatic carbocycles. The molecule has 2 rings (SSSR count). The summed E-state index contributed by atoms with van der Waals surface area (Å²) in [6.07, 6.45) is 16.0. The molecule has 0 spiro atoms. The molecule has 10 nitrogen and oxygen atoms in total. The molecule has 52 heavy (non-hydrogen) atoms. The van der Waals surface area contributed by atoms with E-state index in [1.165, 1.54) is 83.1 Å². The second-order valence-corrected chi connectivity index (χ2v) is 40.3. The zero-order valence-electron chi connectivity index (χ0n) is 35.0. The molecule has 5 radical (unpaired) electrons. The molecule has 2 aliphatic rings. The highest BCUT2D eigenvalue weighted by atomic mass is 28.5. The lowest BCUT2D eigenvalue weighted by Gasteiger charge is -2.37. The van der Waals surface area contributed by atoms with Crippen LogP contribution >= 0.6 is 0 Å². The van der Waals surface area contributed by atoms with Crippen molar-refractivity contribution in [1.29, 1.82) is 0 Å². The van der Waals surface area contributed by atoms with Crippen LogP contribution in [0.2, 0.25) is 88.6 Å². The Kier molecular flexibility index (Phi) is 26.4. The van der Waals surface area contributed by atoms with Gasteiger partial charge in [-0.3, -0.25) is 0 Å². The fourth-order valence-electron chi connectivity index (χ4n) is 7.17. The van der Waals surface area contributed by atoms with Crippen molar-refractivity contribution >= 4 is 91.4 Å². The van der Waals surface area contributed by atoms with Crippen LogP contribution in [-0.4, -0.2) is 104 Å². The van der Waals surface area contributed by atoms with Crippen molar-refractivity contribution < 1.29 is 42.1 Å². The van der Waals surface area contributed by atoms with Crippen LogP contribution in [0.3, 0.4) is 0 Å². The molecule has 0 amide bonds. The van der Waals surface area contributed by atoms with E-state index in [0.717, 1.165) is 36.6 Å². The lowest BCUT2D eigenvalue weighted by atomic mass is 10.2.